The molecule has 106 valence electrons. The molecule has 2 fully saturated rings. The van der Waals surface area contributed by atoms with Crippen LogP contribution in [0.25, 0.3) is 0 Å². The minimum absolute atomic E-state index is 0.512. The summed E-state index contributed by atoms with van der Waals surface area (Å²) in [5.74, 6) is 1.80. The van der Waals surface area contributed by atoms with Crippen molar-refractivity contribution >= 4 is 0 Å². The van der Waals surface area contributed by atoms with Gasteiger partial charge in [0.15, 0.2) is 0 Å². The molecule has 2 aliphatic carbocycles. The first-order chi connectivity index (χ1) is 8.44. The van der Waals surface area contributed by atoms with Crippen LogP contribution in [0.1, 0.15) is 72.6 Å². The van der Waals surface area contributed by atoms with Crippen molar-refractivity contribution in [1.29, 1.82) is 0 Å². The molecule has 2 nitrogen and oxygen atoms in total. The van der Waals surface area contributed by atoms with E-state index in [0.717, 1.165) is 11.8 Å². The fourth-order valence-electron chi connectivity index (χ4n) is 4.10. The number of hydrazine groups is 1. The highest BCUT2D eigenvalue weighted by Crippen LogP contribution is 2.38. The maximum Gasteiger partial charge on any atom is 0.0220 e. The van der Waals surface area contributed by atoms with E-state index in [1.54, 1.807) is 0 Å². The molecule has 2 heteroatoms. The second-order valence-corrected chi connectivity index (χ2v) is 7.86. The van der Waals surface area contributed by atoms with Gasteiger partial charge in [0.25, 0.3) is 0 Å². The maximum absolute atomic E-state index is 3.64. The SMILES string of the molecule is CC1CCC(NNC2CC(C)CC(C)(C)C2)CC1. The summed E-state index contributed by atoms with van der Waals surface area (Å²) in [6.45, 7) is 9.62. The van der Waals surface area contributed by atoms with E-state index in [1.807, 2.05) is 0 Å². The van der Waals surface area contributed by atoms with Gasteiger partial charge in [0.1, 0.15) is 0 Å². The molecule has 0 aromatic heterocycles. The molecule has 2 unspecified atom stereocenters. The third kappa shape index (κ3) is 4.24. The predicted molar refractivity (Wildman–Crippen MR) is 78.3 cm³/mol. The molecule has 0 radical (unpaired) electrons. The highest BCUT2D eigenvalue weighted by atomic mass is 15.4. The van der Waals surface area contributed by atoms with Crippen molar-refractivity contribution in [3.63, 3.8) is 0 Å². The highest BCUT2D eigenvalue weighted by molar-refractivity contribution is 4.86. The Bertz CT molecular complexity index is 254. The predicted octanol–water partition coefficient (Wildman–Crippen LogP) is 3.87. The van der Waals surface area contributed by atoms with Crippen LogP contribution in [-0.2, 0) is 0 Å². The van der Waals surface area contributed by atoms with Crippen LogP contribution in [0.4, 0.5) is 0 Å². The molecule has 0 aliphatic heterocycles. The summed E-state index contributed by atoms with van der Waals surface area (Å²) >= 11 is 0. The summed E-state index contributed by atoms with van der Waals surface area (Å²) in [5.41, 5.74) is 7.77. The first-order valence-electron chi connectivity index (χ1n) is 7.96. The van der Waals surface area contributed by atoms with Crippen molar-refractivity contribution in [1.82, 2.24) is 10.9 Å². The molecule has 2 N–H and O–H groups in total. The molecule has 2 atom stereocenters. The summed E-state index contributed by atoms with van der Waals surface area (Å²) in [6, 6.07) is 1.38. The molecular formula is C16H32N2. The second-order valence-electron chi connectivity index (χ2n) is 7.86. The molecule has 0 amide bonds. The zero-order valence-electron chi connectivity index (χ0n) is 12.8. The molecular weight excluding hydrogens is 220 g/mol. The quantitative estimate of drug-likeness (QED) is 0.745. The molecule has 2 saturated carbocycles. The monoisotopic (exact) mass is 252 g/mol. The summed E-state index contributed by atoms with van der Waals surface area (Å²) in [6.07, 6.45) is 9.51. The van der Waals surface area contributed by atoms with Crippen LogP contribution in [0.15, 0.2) is 0 Å². The van der Waals surface area contributed by atoms with Crippen LogP contribution < -0.4 is 10.9 Å². The van der Waals surface area contributed by atoms with Crippen molar-refractivity contribution in [2.45, 2.75) is 84.7 Å². The maximum atomic E-state index is 3.64. The van der Waals surface area contributed by atoms with Crippen LogP contribution >= 0.6 is 0 Å². The van der Waals surface area contributed by atoms with Gasteiger partial charge in [-0.2, -0.15) is 0 Å². The van der Waals surface area contributed by atoms with E-state index in [4.69, 9.17) is 0 Å². The van der Waals surface area contributed by atoms with Gasteiger partial charge in [-0.05, 0) is 62.2 Å². The topological polar surface area (TPSA) is 24.1 Å². The molecule has 2 rings (SSSR count). The number of hydrogen-bond donors (Lipinski definition) is 2. The van der Waals surface area contributed by atoms with Gasteiger partial charge in [0.2, 0.25) is 0 Å². The van der Waals surface area contributed by atoms with Gasteiger partial charge in [-0.15, -0.1) is 0 Å². The third-order valence-corrected chi connectivity index (χ3v) is 4.89. The first kappa shape index (κ1) is 14.3. The fourth-order valence-corrected chi connectivity index (χ4v) is 4.10. The molecule has 0 saturated heterocycles. The van der Waals surface area contributed by atoms with Crippen molar-refractivity contribution in [3.8, 4) is 0 Å². The lowest BCUT2D eigenvalue weighted by Gasteiger charge is -2.40. The van der Waals surface area contributed by atoms with Crippen LogP contribution in [0.2, 0.25) is 0 Å². The second kappa shape index (κ2) is 5.92. The Kier molecular flexibility index (Phi) is 4.71. The summed E-state index contributed by atoms with van der Waals surface area (Å²) in [5, 5.41) is 0. The van der Waals surface area contributed by atoms with E-state index < -0.39 is 0 Å². The van der Waals surface area contributed by atoms with E-state index >= 15 is 0 Å². The average Bonchev–Trinajstić information content (AvgIpc) is 2.25. The third-order valence-electron chi connectivity index (χ3n) is 4.89. The minimum atomic E-state index is 0.512. The smallest absolute Gasteiger partial charge is 0.0220 e. The van der Waals surface area contributed by atoms with Gasteiger partial charge >= 0.3 is 0 Å². The minimum Gasteiger partial charge on any atom is -0.255 e. The van der Waals surface area contributed by atoms with Crippen molar-refractivity contribution in [2.24, 2.45) is 17.3 Å². The Morgan fingerprint density at radius 3 is 2.00 bits per heavy atom. The number of rotatable bonds is 3. The normalized spacial score (nSPS) is 40.7. The Hall–Kier alpha value is -0.0800. The van der Waals surface area contributed by atoms with E-state index in [0.29, 0.717) is 17.5 Å². The number of hydrogen-bond acceptors (Lipinski definition) is 2. The van der Waals surface area contributed by atoms with Crippen LogP contribution in [0.5, 0.6) is 0 Å². The van der Waals surface area contributed by atoms with Gasteiger partial charge in [-0.25, -0.2) is 0 Å². The molecule has 0 bridgehead atoms. The fraction of sp³-hybridized carbons (Fsp3) is 1.00. The molecule has 0 heterocycles. The van der Waals surface area contributed by atoms with Gasteiger partial charge in [-0.1, -0.05) is 27.7 Å². The van der Waals surface area contributed by atoms with E-state index in [1.165, 1.54) is 44.9 Å². The summed E-state index contributed by atoms with van der Waals surface area (Å²) < 4.78 is 0. The first-order valence-corrected chi connectivity index (χ1v) is 7.96. The van der Waals surface area contributed by atoms with E-state index in [9.17, 15) is 0 Å². The largest absolute Gasteiger partial charge is 0.255 e. The van der Waals surface area contributed by atoms with Crippen molar-refractivity contribution in [3.05, 3.63) is 0 Å². The Balaban J connectivity index is 1.73. The Labute approximate surface area is 113 Å². The van der Waals surface area contributed by atoms with Crippen LogP contribution in [-0.4, -0.2) is 12.1 Å². The molecule has 2 aliphatic rings. The lowest BCUT2D eigenvalue weighted by atomic mass is 9.71. The van der Waals surface area contributed by atoms with Crippen LogP contribution in [0, 0.1) is 17.3 Å². The van der Waals surface area contributed by atoms with Gasteiger partial charge in [0, 0.05) is 12.1 Å². The van der Waals surface area contributed by atoms with E-state index in [2.05, 4.69) is 38.5 Å². The average molecular weight is 252 g/mol. The zero-order chi connectivity index (χ0) is 13.2. The van der Waals surface area contributed by atoms with Gasteiger partial charge in [0.05, 0.1) is 0 Å². The van der Waals surface area contributed by atoms with Crippen molar-refractivity contribution in [2.75, 3.05) is 0 Å². The Morgan fingerprint density at radius 1 is 0.778 bits per heavy atom. The number of nitrogens with one attached hydrogen (secondary N) is 2. The zero-order valence-corrected chi connectivity index (χ0v) is 12.8. The van der Waals surface area contributed by atoms with Crippen LogP contribution in [0.3, 0.4) is 0 Å². The molecule has 0 spiro atoms. The Morgan fingerprint density at radius 2 is 1.39 bits per heavy atom. The lowest BCUT2D eigenvalue weighted by molar-refractivity contribution is 0.134. The summed E-state index contributed by atoms with van der Waals surface area (Å²) in [4.78, 5) is 0. The highest BCUT2D eigenvalue weighted by Gasteiger charge is 2.32. The molecule has 0 aromatic rings. The summed E-state index contributed by atoms with van der Waals surface area (Å²) in [7, 11) is 0. The van der Waals surface area contributed by atoms with Gasteiger partial charge in [-0.3, -0.25) is 10.9 Å². The standard InChI is InChI=1S/C16H32N2/c1-12-5-7-14(8-6-12)17-18-15-9-13(2)10-16(3,4)11-15/h12-15,17-18H,5-11H2,1-4H3. The van der Waals surface area contributed by atoms with Gasteiger partial charge < -0.3 is 0 Å². The molecule has 18 heavy (non-hydrogen) atoms. The van der Waals surface area contributed by atoms with E-state index in [-0.39, 0.29) is 0 Å². The van der Waals surface area contributed by atoms with Crippen molar-refractivity contribution < 1.29 is 0 Å². The molecule has 0 aromatic carbocycles. The lowest BCUT2D eigenvalue weighted by Crippen LogP contribution is -2.51.